The number of carbonyl (C=O) groups excluding carboxylic acids is 2. The number of carbonyl (C=O) groups is 2. The van der Waals surface area contributed by atoms with Gasteiger partial charge >= 0.3 is 12.1 Å². The van der Waals surface area contributed by atoms with Crippen LogP contribution in [0.1, 0.15) is 74.5 Å². The maximum atomic E-state index is 13.7. The summed E-state index contributed by atoms with van der Waals surface area (Å²) in [5.41, 5.74) is 4.44. The van der Waals surface area contributed by atoms with Crippen molar-refractivity contribution < 1.29 is 28.2 Å². The van der Waals surface area contributed by atoms with E-state index >= 15 is 0 Å². The number of rotatable bonds is 10. The van der Waals surface area contributed by atoms with Gasteiger partial charge in [0.2, 0.25) is 0 Å². The third-order valence-corrected chi connectivity index (χ3v) is 11.1. The van der Waals surface area contributed by atoms with E-state index in [2.05, 4.69) is 17.0 Å². The highest BCUT2D eigenvalue weighted by molar-refractivity contribution is 5.84. The summed E-state index contributed by atoms with van der Waals surface area (Å²) >= 11 is 0. The molecule has 0 atom stereocenters. The topological polar surface area (TPSA) is 68.3 Å². The summed E-state index contributed by atoms with van der Waals surface area (Å²) in [5, 5.41) is 0. The quantitative estimate of drug-likeness (QED) is 0.222. The Kier molecular flexibility index (Phi) is 7.12. The highest BCUT2D eigenvalue weighted by Crippen LogP contribution is 2.71. The molecule has 4 saturated carbocycles. The molecule has 0 N–H and O–H groups in total. The van der Waals surface area contributed by atoms with Crippen LogP contribution in [0.25, 0.3) is 11.1 Å². The van der Waals surface area contributed by atoms with E-state index in [0.29, 0.717) is 38.3 Å². The molecule has 1 spiro atoms. The number of benzene rings is 3. The molecule has 9 rings (SSSR count). The minimum absolute atomic E-state index is 0.143. The molecule has 3 aromatic rings. The molecule has 0 unspecified atom stereocenters. The number of likely N-dealkylation sites (tertiary alicyclic amines) is 1. The number of piperidine rings is 1. The van der Waals surface area contributed by atoms with Gasteiger partial charge in [-0.1, -0.05) is 42.5 Å². The number of hydrogen-bond acceptors (Lipinski definition) is 6. The molecule has 1 amide bonds. The molecule has 46 heavy (non-hydrogen) atoms. The van der Waals surface area contributed by atoms with Crippen LogP contribution < -0.4 is 4.74 Å². The van der Waals surface area contributed by atoms with E-state index in [-0.39, 0.29) is 30.0 Å². The van der Waals surface area contributed by atoms with Crippen molar-refractivity contribution in [1.29, 1.82) is 0 Å². The van der Waals surface area contributed by atoms with Crippen LogP contribution in [0.5, 0.6) is 5.75 Å². The fourth-order valence-electron chi connectivity index (χ4n) is 8.39. The van der Waals surface area contributed by atoms with Gasteiger partial charge in [0, 0.05) is 43.6 Å². The Balaban J connectivity index is 0.898. The Labute approximate surface area is 269 Å². The zero-order chi connectivity index (χ0) is 31.5. The van der Waals surface area contributed by atoms with E-state index < -0.39 is 11.0 Å². The van der Waals surface area contributed by atoms with Crippen molar-refractivity contribution in [3.05, 3.63) is 89.2 Å². The minimum atomic E-state index is -0.474. The summed E-state index contributed by atoms with van der Waals surface area (Å²) in [6.45, 7) is 5.87. The van der Waals surface area contributed by atoms with Crippen molar-refractivity contribution in [2.45, 2.75) is 82.1 Å². The first kappa shape index (κ1) is 29.5. The van der Waals surface area contributed by atoms with Crippen LogP contribution >= 0.6 is 0 Å². The largest absolute Gasteiger partial charge is 0.494 e. The van der Waals surface area contributed by atoms with Gasteiger partial charge < -0.3 is 14.2 Å². The van der Waals surface area contributed by atoms with Crippen LogP contribution in [0.3, 0.4) is 0 Å². The second kappa shape index (κ2) is 11.1. The first-order valence-corrected chi connectivity index (χ1v) is 16.8. The second-order valence-corrected chi connectivity index (χ2v) is 14.3. The van der Waals surface area contributed by atoms with Crippen molar-refractivity contribution in [2.24, 2.45) is 5.41 Å². The summed E-state index contributed by atoms with van der Waals surface area (Å²) in [4.78, 5) is 30.5. The molecule has 2 heterocycles. The molecule has 4 aliphatic carbocycles. The van der Waals surface area contributed by atoms with Gasteiger partial charge in [0.05, 0.1) is 18.6 Å². The number of amides is 1. The Morgan fingerprint density at radius 1 is 1.00 bits per heavy atom. The van der Waals surface area contributed by atoms with Gasteiger partial charge in [0.15, 0.2) is 0 Å². The fourth-order valence-corrected chi connectivity index (χ4v) is 8.39. The number of hydrogen-bond donors (Lipinski definition) is 0. The van der Waals surface area contributed by atoms with Crippen molar-refractivity contribution in [3.8, 4) is 16.9 Å². The normalized spacial score (nSPS) is 26.3. The predicted octanol–water partition coefficient (Wildman–Crippen LogP) is 7.22. The van der Waals surface area contributed by atoms with Crippen molar-refractivity contribution in [3.63, 3.8) is 0 Å². The summed E-state index contributed by atoms with van der Waals surface area (Å²) in [6, 6.07) is 20.9. The van der Waals surface area contributed by atoms with Gasteiger partial charge in [-0.25, -0.2) is 9.18 Å². The van der Waals surface area contributed by atoms with Gasteiger partial charge in [-0.05, 0) is 91.5 Å². The fraction of sp³-hybridized carbons (Fsp3) is 0.474. The lowest BCUT2D eigenvalue weighted by Crippen LogP contribution is -2.77. The molecule has 240 valence electrons. The van der Waals surface area contributed by atoms with Crippen LogP contribution in [0.4, 0.5) is 9.18 Å². The van der Waals surface area contributed by atoms with Crippen LogP contribution in [-0.2, 0) is 27.4 Å². The van der Waals surface area contributed by atoms with Crippen molar-refractivity contribution in [2.75, 3.05) is 26.2 Å². The van der Waals surface area contributed by atoms with Gasteiger partial charge in [0.1, 0.15) is 23.8 Å². The zero-order valence-electron chi connectivity index (χ0n) is 26.4. The highest BCUT2D eigenvalue weighted by Gasteiger charge is 2.77. The summed E-state index contributed by atoms with van der Waals surface area (Å²) < 4.78 is 31.6. The monoisotopic (exact) mass is 624 g/mol. The van der Waals surface area contributed by atoms with Gasteiger partial charge in [-0.15, -0.1) is 0 Å². The summed E-state index contributed by atoms with van der Waals surface area (Å²) in [7, 11) is 0. The van der Waals surface area contributed by atoms with E-state index in [1.807, 2.05) is 54.3 Å². The molecule has 2 aliphatic heterocycles. The third kappa shape index (κ3) is 5.15. The van der Waals surface area contributed by atoms with Gasteiger partial charge in [-0.3, -0.25) is 14.6 Å². The molecule has 0 radical (unpaired) electrons. The molecule has 7 nitrogen and oxygen atoms in total. The van der Waals surface area contributed by atoms with Crippen LogP contribution in [0.2, 0.25) is 0 Å². The molecule has 2 saturated heterocycles. The lowest BCUT2D eigenvalue weighted by Gasteiger charge is -2.70. The van der Waals surface area contributed by atoms with Crippen LogP contribution in [0, 0.1) is 11.2 Å². The molecular weight excluding hydrogens is 583 g/mol. The Bertz CT molecular complexity index is 1630. The number of nitrogens with zero attached hydrogens (tertiary/aromatic N) is 2. The Morgan fingerprint density at radius 2 is 1.72 bits per heavy atom. The molecule has 6 aliphatic rings. The lowest BCUT2D eigenvalue weighted by atomic mass is 9.38. The first-order valence-electron chi connectivity index (χ1n) is 16.8. The lowest BCUT2D eigenvalue weighted by molar-refractivity contribution is -0.226. The van der Waals surface area contributed by atoms with Gasteiger partial charge in [-0.2, -0.15) is 0 Å². The van der Waals surface area contributed by atoms with Crippen LogP contribution in [-0.4, -0.2) is 59.2 Å². The average Bonchev–Trinajstić information content (AvgIpc) is 3.82. The maximum Gasteiger partial charge on any atom is 0.410 e. The SMILES string of the molecule is CCOc1cc(-c2ccc(F)cc2)c(C2CC2)cc1CN1CCC2(CC1)CN(C13CC(C(=O)OCc4ccccc4)(C1)C3)C(=O)O2. The maximum absolute atomic E-state index is 13.7. The van der Waals surface area contributed by atoms with E-state index in [1.54, 1.807) is 0 Å². The molecule has 6 fully saturated rings. The van der Waals surface area contributed by atoms with Crippen LogP contribution in [0.15, 0.2) is 66.7 Å². The molecule has 0 aromatic heterocycles. The predicted molar refractivity (Wildman–Crippen MR) is 171 cm³/mol. The van der Waals surface area contributed by atoms with E-state index in [9.17, 15) is 14.0 Å². The van der Waals surface area contributed by atoms with E-state index in [1.165, 1.54) is 36.1 Å². The number of ether oxygens (including phenoxy) is 3. The standard InChI is InChI=1S/C38H41FN2O5/c1-2-44-33-19-32(28-10-12-30(39)13-11-28)31(27-8-9-27)18-29(33)20-40-16-14-38(15-17-40)25-41(35(43)46-38)37-22-36(23-37,24-37)34(42)45-21-26-6-4-3-5-7-26/h3-7,10-13,18-19,27H,2,8-9,14-17,20-25H2,1H3. The Morgan fingerprint density at radius 3 is 2.39 bits per heavy atom. The van der Waals surface area contributed by atoms with E-state index in [4.69, 9.17) is 14.2 Å². The molecule has 8 heteroatoms. The van der Waals surface area contributed by atoms with Crippen molar-refractivity contribution >= 4 is 12.1 Å². The second-order valence-electron chi connectivity index (χ2n) is 14.3. The minimum Gasteiger partial charge on any atom is -0.494 e. The smallest absolute Gasteiger partial charge is 0.410 e. The molecule has 3 aromatic carbocycles. The summed E-state index contributed by atoms with van der Waals surface area (Å²) in [5.74, 6) is 1.04. The van der Waals surface area contributed by atoms with Gasteiger partial charge in [0.25, 0.3) is 0 Å². The van der Waals surface area contributed by atoms with Crippen molar-refractivity contribution in [1.82, 2.24) is 9.80 Å². The number of halogens is 1. The highest BCUT2D eigenvalue weighted by atomic mass is 19.1. The number of esters is 1. The average molecular weight is 625 g/mol. The Hall–Kier alpha value is -3.91. The van der Waals surface area contributed by atoms with E-state index in [0.717, 1.165) is 54.9 Å². The zero-order valence-corrected chi connectivity index (χ0v) is 26.4. The third-order valence-electron chi connectivity index (χ3n) is 11.1. The summed E-state index contributed by atoms with van der Waals surface area (Å²) in [6.07, 6.45) is 5.68. The molecule has 2 bridgehead atoms. The molecular formula is C38H41FN2O5. The first-order chi connectivity index (χ1) is 22.3.